The van der Waals surface area contributed by atoms with Gasteiger partial charge in [0.25, 0.3) is 5.91 Å². The highest BCUT2D eigenvalue weighted by Gasteiger charge is 2.11. The second kappa shape index (κ2) is 7.40. The van der Waals surface area contributed by atoms with E-state index < -0.39 is 6.04 Å². The number of hydrogen-bond acceptors (Lipinski definition) is 4. The number of carbonyl (C=O) groups is 1. The maximum Gasteiger partial charge on any atom is 0.262 e. The largest absolute Gasteiger partial charge is 0.374 e. The Labute approximate surface area is 128 Å². The van der Waals surface area contributed by atoms with Gasteiger partial charge in [0.05, 0.1) is 11.9 Å². The lowest BCUT2D eigenvalue weighted by molar-refractivity contribution is -0.121. The molecular formula is C15H15ClN4O. The summed E-state index contributed by atoms with van der Waals surface area (Å²) in [6.45, 7) is 1.74. The van der Waals surface area contributed by atoms with Crippen molar-refractivity contribution >= 4 is 29.4 Å². The second-order valence-corrected chi connectivity index (χ2v) is 4.80. The van der Waals surface area contributed by atoms with E-state index in [-0.39, 0.29) is 5.91 Å². The highest BCUT2D eigenvalue weighted by molar-refractivity contribution is 6.30. The van der Waals surface area contributed by atoms with Gasteiger partial charge in [-0.25, -0.2) is 5.43 Å². The molecule has 0 spiro atoms. The molecule has 0 radical (unpaired) electrons. The Morgan fingerprint density at radius 1 is 1.33 bits per heavy atom. The number of benzene rings is 1. The number of halogens is 1. The number of anilines is 1. The summed E-state index contributed by atoms with van der Waals surface area (Å²) in [7, 11) is 0. The van der Waals surface area contributed by atoms with E-state index >= 15 is 0 Å². The summed E-state index contributed by atoms with van der Waals surface area (Å²) < 4.78 is 0. The zero-order valence-electron chi connectivity index (χ0n) is 11.5. The third kappa shape index (κ3) is 4.89. The molecule has 0 aliphatic heterocycles. The smallest absolute Gasteiger partial charge is 0.262 e. The molecule has 2 rings (SSSR count). The van der Waals surface area contributed by atoms with Gasteiger partial charge in [0.2, 0.25) is 0 Å². The molecule has 2 N–H and O–H groups in total. The normalized spacial score (nSPS) is 12.1. The summed E-state index contributed by atoms with van der Waals surface area (Å²) in [5.74, 6) is -0.248. The van der Waals surface area contributed by atoms with Crippen LogP contribution < -0.4 is 10.7 Å². The molecule has 6 heteroatoms. The molecule has 0 fully saturated rings. The van der Waals surface area contributed by atoms with E-state index in [0.29, 0.717) is 10.7 Å². The third-order valence-electron chi connectivity index (χ3n) is 2.66. The van der Waals surface area contributed by atoms with E-state index in [1.54, 1.807) is 31.3 Å². The Hall–Kier alpha value is -2.40. The van der Waals surface area contributed by atoms with Crippen LogP contribution in [0.4, 0.5) is 5.69 Å². The van der Waals surface area contributed by atoms with Gasteiger partial charge in [-0.05, 0) is 37.3 Å². The minimum absolute atomic E-state index is 0.248. The first-order valence-electron chi connectivity index (χ1n) is 6.41. The molecule has 1 aromatic heterocycles. The van der Waals surface area contributed by atoms with Gasteiger partial charge in [-0.3, -0.25) is 9.78 Å². The Bertz CT molecular complexity index is 631. The highest BCUT2D eigenvalue weighted by Crippen LogP contribution is 2.15. The number of nitrogens with zero attached hydrogens (tertiary/aromatic N) is 2. The van der Waals surface area contributed by atoms with Gasteiger partial charge in [0.15, 0.2) is 0 Å². The van der Waals surface area contributed by atoms with Crippen molar-refractivity contribution in [2.45, 2.75) is 13.0 Å². The van der Waals surface area contributed by atoms with E-state index in [1.807, 2.05) is 24.3 Å². The van der Waals surface area contributed by atoms with E-state index in [0.717, 1.165) is 5.69 Å². The standard InChI is InChI=1S/C15H15ClN4O/c1-11(19-13-7-4-5-12(16)9-13)15(21)20-18-10-14-6-2-3-8-17-14/h2-11,19H,1H3,(H,20,21)/b18-10-/t11-/m0/s1. The SMILES string of the molecule is C[C@H](Nc1cccc(Cl)c1)C(=O)N/N=C\c1ccccn1. The van der Waals surface area contributed by atoms with E-state index in [4.69, 9.17) is 11.6 Å². The molecule has 0 aliphatic rings. The van der Waals surface area contributed by atoms with Gasteiger partial charge in [-0.1, -0.05) is 23.7 Å². The topological polar surface area (TPSA) is 66.4 Å². The van der Waals surface area contributed by atoms with Crippen molar-refractivity contribution in [1.29, 1.82) is 0 Å². The predicted octanol–water partition coefficient (Wildman–Crippen LogP) is 2.69. The van der Waals surface area contributed by atoms with Crippen molar-refractivity contribution in [2.75, 3.05) is 5.32 Å². The zero-order valence-corrected chi connectivity index (χ0v) is 12.2. The molecule has 0 saturated heterocycles. The van der Waals surface area contributed by atoms with Crippen LogP contribution >= 0.6 is 11.6 Å². The molecule has 1 atom stereocenters. The summed E-state index contributed by atoms with van der Waals surface area (Å²) in [4.78, 5) is 15.9. The molecule has 5 nitrogen and oxygen atoms in total. The van der Waals surface area contributed by atoms with Crippen LogP contribution in [-0.2, 0) is 4.79 Å². The molecule has 2 aromatic rings. The average Bonchev–Trinajstić information content (AvgIpc) is 2.48. The van der Waals surface area contributed by atoms with Crippen LogP contribution in [-0.4, -0.2) is 23.1 Å². The lowest BCUT2D eigenvalue weighted by Gasteiger charge is -2.13. The molecular weight excluding hydrogens is 288 g/mol. The molecule has 1 heterocycles. The second-order valence-electron chi connectivity index (χ2n) is 4.37. The maximum absolute atomic E-state index is 11.9. The monoisotopic (exact) mass is 302 g/mol. The third-order valence-corrected chi connectivity index (χ3v) is 2.90. The van der Waals surface area contributed by atoms with Crippen LogP contribution in [0, 0.1) is 0 Å². The fraction of sp³-hybridized carbons (Fsp3) is 0.133. The average molecular weight is 303 g/mol. The Morgan fingerprint density at radius 2 is 2.19 bits per heavy atom. The highest BCUT2D eigenvalue weighted by atomic mass is 35.5. The summed E-state index contributed by atoms with van der Waals surface area (Å²) in [6.07, 6.45) is 3.15. The number of pyridine rings is 1. The summed E-state index contributed by atoms with van der Waals surface area (Å²) >= 11 is 5.89. The molecule has 108 valence electrons. The minimum atomic E-state index is -0.440. The molecule has 0 aliphatic carbocycles. The Balaban J connectivity index is 1.87. The van der Waals surface area contributed by atoms with Crippen LogP contribution in [0.3, 0.4) is 0 Å². The summed E-state index contributed by atoms with van der Waals surface area (Å²) in [5.41, 5.74) is 3.91. The van der Waals surface area contributed by atoms with Gasteiger partial charge >= 0.3 is 0 Å². The number of hydrogen-bond donors (Lipinski definition) is 2. The van der Waals surface area contributed by atoms with Gasteiger partial charge < -0.3 is 5.32 Å². The molecule has 0 saturated carbocycles. The predicted molar refractivity (Wildman–Crippen MR) is 84.5 cm³/mol. The first-order valence-corrected chi connectivity index (χ1v) is 6.79. The maximum atomic E-state index is 11.9. The van der Waals surface area contributed by atoms with Gasteiger partial charge in [0, 0.05) is 16.9 Å². The van der Waals surface area contributed by atoms with E-state index in [9.17, 15) is 4.79 Å². The molecule has 0 bridgehead atoms. The van der Waals surface area contributed by atoms with Crippen molar-refractivity contribution in [1.82, 2.24) is 10.4 Å². The quantitative estimate of drug-likeness (QED) is 0.659. The van der Waals surface area contributed by atoms with Crippen LogP contribution in [0.25, 0.3) is 0 Å². The molecule has 1 aromatic carbocycles. The summed E-state index contributed by atoms with van der Waals surface area (Å²) in [5, 5.41) is 7.53. The van der Waals surface area contributed by atoms with Crippen molar-refractivity contribution in [3.05, 3.63) is 59.4 Å². The van der Waals surface area contributed by atoms with E-state index in [2.05, 4.69) is 20.8 Å². The number of rotatable bonds is 5. The van der Waals surface area contributed by atoms with Crippen molar-refractivity contribution in [3.63, 3.8) is 0 Å². The molecule has 1 amide bonds. The van der Waals surface area contributed by atoms with Gasteiger partial charge in [-0.2, -0.15) is 5.10 Å². The first-order chi connectivity index (χ1) is 10.1. The minimum Gasteiger partial charge on any atom is -0.374 e. The number of nitrogens with one attached hydrogen (secondary N) is 2. The molecule has 21 heavy (non-hydrogen) atoms. The van der Waals surface area contributed by atoms with Crippen molar-refractivity contribution in [3.8, 4) is 0 Å². The lowest BCUT2D eigenvalue weighted by atomic mass is 10.2. The number of hydrazone groups is 1. The lowest BCUT2D eigenvalue weighted by Crippen LogP contribution is -2.34. The number of carbonyl (C=O) groups excluding carboxylic acids is 1. The van der Waals surface area contributed by atoms with Crippen LogP contribution in [0.15, 0.2) is 53.8 Å². The summed E-state index contributed by atoms with van der Waals surface area (Å²) in [6, 6.07) is 12.2. The Morgan fingerprint density at radius 3 is 2.90 bits per heavy atom. The van der Waals surface area contributed by atoms with Gasteiger partial charge in [0.1, 0.15) is 6.04 Å². The van der Waals surface area contributed by atoms with Gasteiger partial charge in [-0.15, -0.1) is 0 Å². The van der Waals surface area contributed by atoms with Crippen LogP contribution in [0.1, 0.15) is 12.6 Å². The number of aromatic nitrogens is 1. The van der Waals surface area contributed by atoms with Crippen LogP contribution in [0.5, 0.6) is 0 Å². The van der Waals surface area contributed by atoms with Crippen LogP contribution in [0.2, 0.25) is 5.02 Å². The number of amides is 1. The zero-order chi connectivity index (χ0) is 15.1. The Kier molecular flexibility index (Phi) is 5.29. The fourth-order valence-electron chi connectivity index (χ4n) is 1.60. The van der Waals surface area contributed by atoms with E-state index in [1.165, 1.54) is 6.21 Å². The van der Waals surface area contributed by atoms with Crippen molar-refractivity contribution in [2.24, 2.45) is 5.10 Å². The van der Waals surface area contributed by atoms with Crippen molar-refractivity contribution < 1.29 is 4.79 Å². The first kappa shape index (κ1) is 15.0. The fourth-order valence-corrected chi connectivity index (χ4v) is 1.80. The molecule has 0 unspecified atom stereocenters.